The third kappa shape index (κ3) is 3.48. The Morgan fingerprint density at radius 1 is 1.19 bits per heavy atom. The van der Waals surface area contributed by atoms with Crippen LogP contribution in [-0.4, -0.2) is 23.1 Å². The fourth-order valence-corrected chi connectivity index (χ4v) is 4.05. The van der Waals surface area contributed by atoms with Gasteiger partial charge in [0.05, 0.1) is 17.2 Å². The zero-order valence-corrected chi connectivity index (χ0v) is 15.6. The van der Waals surface area contributed by atoms with Crippen molar-refractivity contribution >= 4 is 46.3 Å². The molecule has 0 bridgehead atoms. The number of hydrogen-bond acceptors (Lipinski definition) is 4. The van der Waals surface area contributed by atoms with Crippen molar-refractivity contribution in [1.29, 1.82) is 0 Å². The fraction of sp³-hybridized carbons (Fsp3) is 0.143. The molecule has 0 aliphatic carbocycles. The molecule has 2 heterocycles. The van der Waals surface area contributed by atoms with Crippen LogP contribution in [0.25, 0.3) is 17.0 Å². The standard InChI is InChI=1S/C21H18N2O3S/c1-2-26-20(24)13-23-12-14(15-7-3-5-9-17(15)23)11-19-21(25)22-16-8-4-6-10-18(16)27-19/h3-12H,2,13H2,1H3,(H,22,25)/b19-11-. The summed E-state index contributed by atoms with van der Waals surface area (Å²) in [6.45, 7) is 2.28. The Morgan fingerprint density at radius 2 is 1.96 bits per heavy atom. The van der Waals surface area contributed by atoms with Gasteiger partial charge in [0.15, 0.2) is 0 Å². The smallest absolute Gasteiger partial charge is 0.325 e. The molecule has 1 amide bonds. The van der Waals surface area contributed by atoms with Crippen LogP contribution in [-0.2, 0) is 20.9 Å². The summed E-state index contributed by atoms with van der Waals surface area (Å²) >= 11 is 1.45. The molecule has 0 saturated carbocycles. The summed E-state index contributed by atoms with van der Waals surface area (Å²) in [6, 6.07) is 15.5. The van der Waals surface area contributed by atoms with Gasteiger partial charge in [-0.3, -0.25) is 9.59 Å². The summed E-state index contributed by atoms with van der Waals surface area (Å²) in [6.07, 6.45) is 3.77. The maximum Gasteiger partial charge on any atom is 0.325 e. The van der Waals surface area contributed by atoms with E-state index in [4.69, 9.17) is 4.74 Å². The minimum Gasteiger partial charge on any atom is -0.465 e. The van der Waals surface area contributed by atoms with E-state index in [2.05, 4.69) is 5.32 Å². The molecule has 0 atom stereocenters. The van der Waals surface area contributed by atoms with Crippen LogP contribution in [0, 0.1) is 0 Å². The highest BCUT2D eigenvalue weighted by Crippen LogP contribution is 2.39. The molecule has 2 aromatic carbocycles. The fourth-order valence-electron chi connectivity index (χ4n) is 3.11. The zero-order chi connectivity index (χ0) is 18.8. The van der Waals surface area contributed by atoms with Crippen molar-refractivity contribution in [2.75, 3.05) is 11.9 Å². The highest BCUT2D eigenvalue weighted by atomic mass is 32.2. The lowest BCUT2D eigenvalue weighted by molar-refractivity contribution is -0.143. The number of thioether (sulfide) groups is 1. The summed E-state index contributed by atoms with van der Waals surface area (Å²) < 4.78 is 6.93. The molecule has 136 valence electrons. The second-order valence-electron chi connectivity index (χ2n) is 6.10. The average Bonchev–Trinajstić information content (AvgIpc) is 3.00. The van der Waals surface area contributed by atoms with E-state index in [0.717, 1.165) is 27.0 Å². The molecule has 4 rings (SSSR count). The Balaban J connectivity index is 1.73. The van der Waals surface area contributed by atoms with Gasteiger partial charge < -0.3 is 14.6 Å². The van der Waals surface area contributed by atoms with Crippen molar-refractivity contribution in [3.05, 3.63) is 65.2 Å². The molecule has 0 fully saturated rings. The number of carbonyl (C=O) groups excluding carboxylic acids is 2. The quantitative estimate of drug-likeness (QED) is 0.543. The predicted octanol–water partition coefficient (Wildman–Crippen LogP) is 4.29. The average molecular weight is 378 g/mol. The molecule has 1 aliphatic heterocycles. The summed E-state index contributed by atoms with van der Waals surface area (Å²) in [5.41, 5.74) is 2.65. The highest BCUT2D eigenvalue weighted by molar-refractivity contribution is 8.04. The molecule has 0 spiro atoms. The summed E-state index contributed by atoms with van der Waals surface area (Å²) in [5.74, 6) is -0.405. The first-order valence-corrected chi connectivity index (χ1v) is 9.51. The number of aromatic nitrogens is 1. The van der Waals surface area contributed by atoms with E-state index in [-0.39, 0.29) is 18.4 Å². The van der Waals surface area contributed by atoms with Crippen molar-refractivity contribution in [1.82, 2.24) is 4.57 Å². The largest absolute Gasteiger partial charge is 0.465 e. The normalized spacial score (nSPS) is 14.9. The van der Waals surface area contributed by atoms with E-state index in [1.165, 1.54) is 11.8 Å². The van der Waals surface area contributed by atoms with Gasteiger partial charge in [0.25, 0.3) is 5.91 Å². The van der Waals surface area contributed by atoms with Gasteiger partial charge in [0, 0.05) is 27.6 Å². The number of rotatable bonds is 4. The van der Waals surface area contributed by atoms with E-state index >= 15 is 0 Å². The molecule has 27 heavy (non-hydrogen) atoms. The number of amides is 1. The SMILES string of the molecule is CCOC(=O)Cn1cc(/C=C2\Sc3ccccc3NC2=O)c2ccccc21. The number of nitrogens with zero attached hydrogens (tertiary/aromatic N) is 1. The second kappa shape index (κ2) is 7.32. The minimum atomic E-state index is -0.281. The van der Waals surface area contributed by atoms with E-state index in [0.29, 0.717) is 11.5 Å². The number of para-hydroxylation sites is 2. The van der Waals surface area contributed by atoms with Gasteiger partial charge in [-0.2, -0.15) is 0 Å². The van der Waals surface area contributed by atoms with Gasteiger partial charge in [-0.25, -0.2) is 0 Å². The van der Waals surface area contributed by atoms with Gasteiger partial charge in [-0.05, 0) is 31.2 Å². The Labute approximate surface area is 161 Å². The number of esters is 1. The monoisotopic (exact) mass is 378 g/mol. The highest BCUT2D eigenvalue weighted by Gasteiger charge is 2.21. The molecule has 1 N–H and O–H groups in total. The van der Waals surface area contributed by atoms with Gasteiger partial charge in [-0.1, -0.05) is 42.1 Å². The molecule has 5 nitrogen and oxygen atoms in total. The third-order valence-corrected chi connectivity index (χ3v) is 5.39. The molecule has 1 aromatic heterocycles. The molecule has 0 saturated heterocycles. The van der Waals surface area contributed by atoms with Crippen LogP contribution in [0.4, 0.5) is 5.69 Å². The number of hydrogen-bond donors (Lipinski definition) is 1. The van der Waals surface area contributed by atoms with Crippen LogP contribution in [0.2, 0.25) is 0 Å². The molecule has 6 heteroatoms. The van der Waals surface area contributed by atoms with Crippen LogP contribution < -0.4 is 5.32 Å². The number of nitrogens with one attached hydrogen (secondary N) is 1. The van der Waals surface area contributed by atoms with Crippen molar-refractivity contribution in [3.63, 3.8) is 0 Å². The Hall–Kier alpha value is -2.99. The number of anilines is 1. The van der Waals surface area contributed by atoms with Crippen molar-refractivity contribution in [2.24, 2.45) is 0 Å². The third-order valence-electron chi connectivity index (χ3n) is 4.29. The zero-order valence-electron chi connectivity index (χ0n) is 14.8. The predicted molar refractivity (Wildman–Crippen MR) is 107 cm³/mol. The molecule has 0 radical (unpaired) electrons. The van der Waals surface area contributed by atoms with Crippen molar-refractivity contribution < 1.29 is 14.3 Å². The maximum absolute atomic E-state index is 12.5. The lowest BCUT2D eigenvalue weighted by atomic mass is 10.1. The van der Waals surface area contributed by atoms with Crippen molar-refractivity contribution in [3.8, 4) is 0 Å². The number of fused-ring (bicyclic) bond motifs is 2. The molecular weight excluding hydrogens is 360 g/mol. The van der Waals surface area contributed by atoms with Crippen LogP contribution in [0.15, 0.2) is 64.5 Å². The first kappa shape index (κ1) is 17.4. The van der Waals surface area contributed by atoms with E-state index < -0.39 is 0 Å². The van der Waals surface area contributed by atoms with Crippen LogP contribution >= 0.6 is 11.8 Å². The number of benzene rings is 2. The first-order chi connectivity index (χ1) is 13.2. The maximum atomic E-state index is 12.5. The first-order valence-electron chi connectivity index (χ1n) is 8.69. The van der Waals surface area contributed by atoms with E-state index in [1.807, 2.05) is 65.4 Å². The summed E-state index contributed by atoms with van der Waals surface area (Å²) in [4.78, 5) is 26.0. The van der Waals surface area contributed by atoms with Crippen LogP contribution in [0.5, 0.6) is 0 Å². The Bertz CT molecular complexity index is 1070. The summed E-state index contributed by atoms with van der Waals surface area (Å²) in [5, 5.41) is 3.91. The van der Waals surface area contributed by atoms with E-state index in [9.17, 15) is 9.59 Å². The molecule has 3 aromatic rings. The van der Waals surface area contributed by atoms with Crippen LogP contribution in [0.1, 0.15) is 12.5 Å². The lowest BCUT2D eigenvalue weighted by Crippen LogP contribution is -2.17. The number of carbonyl (C=O) groups is 2. The summed E-state index contributed by atoms with van der Waals surface area (Å²) in [7, 11) is 0. The Morgan fingerprint density at radius 3 is 2.81 bits per heavy atom. The number of ether oxygens (including phenoxy) is 1. The molecular formula is C21H18N2O3S. The molecule has 1 aliphatic rings. The Kier molecular flexibility index (Phi) is 4.73. The van der Waals surface area contributed by atoms with Gasteiger partial charge in [0.1, 0.15) is 6.54 Å². The second-order valence-corrected chi connectivity index (χ2v) is 7.18. The van der Waals surface area contributed by atoms with Crippen LogP contribution in [0.3, 0.4) is 0 Å². The van der Waals surface area contributed by atoms with Gasteiger partial charge >= 0.3 is 5.97 Å². The topological polar surface area (TPSA) is 60.3 Å². The van der Waals surface area contributed by atoms with Gasteiger partial charge in [0.2, 0.25) is 0 Å². The lowest BCUT2D eigenvalue weighted by Gasteiger charge is -2.18. The van der Waals surface area contributed by atoms with Crippen molar-refractivity contribution in [2.45, 2.75) is 18.4 Å². The minimum absolute atomic E-state index is 0.124. The van der Waals surface area contributed by atoms with Gasteiger partial charge in [-0.15, -0.1) is 0 Å². The molecule has 0 unspecified atom stereocenters. The van der Waals surface area contributed by atoms with E-state index in [1.54, 1.807) is 6.92 Å².